The predicted octanol–water partition coefficient (Wildman–Crippen LogP) is 2.29. The topological polar surface area (TPSA) is 12.0 Å². The molecule has 0 bridgehead atoms. The molecule has 1 aromatic rings. The van der Waals surface area contributed by atoms with E-state index in [-0.39, 0.29) is 5.54 Å². The van der Waals surface area contributed by atoms with Crippen molar-refractivity contribution in [1.82, 2.24) is 5.32 Å². The van der Waals surface area contributed by atoms with Gasteiger partial charge in [-0.2, -0.15) is 0 Å². The van der Waals surface area contributed by atoms with Gasteiger partial charge in [-0.05, 0) is 31.9 Å². The molecule has 0 aromatic heterocycles. The first-order valence-corrected chi connectivity index (χ1v) is 4.62. The van der Waals surface area contributed by atoms with Crippen LogP contribution in [0, 0.1) is 0 Å². The van der Waals surface area contributed by atoms with Gasteiger partial charge in [-0.15, -0.1) is 0 Å². The Balaban J connectivity index is 2.29. The van der Waals surface area contributed by atoms with E-state index >= 15 is 0 Å². The summed E-state index contributed by atoms with van der Waals surface area (Å²) in [5.74, 6) is 0. The minimum absolute atomic E-state index is 0.237. The molecule has 1 aliphatic rings. The van der Waals surface area contributed by atoms with Crippen LogP contribution < -0.4 is 5.32 Å². The highest BCUT2D eigenvalue weighted by Crippen LogP contribution is 2.29. The molecule has 0 amide bonds. The molecule has 1 nitrogen and oxygen atoms in total. The summed E-state index contributed by atoms with van der Waals surface area (Å²) < 4.78 is 0. The summed E-state index contributed by atoms with van der Waals surface area (Å²) in [6, 6.07) is 10.7. The van der Waals surface area contributed by atoms with Crippen molar-refractivity contribution in [2.24, 2.45) is 0 Å². The Morgan fingerprint density at radius 3 is 2.58 bits per heavy atom. The zero-order valence-corrected chi connectivity index (χ0v) is 7.51. The first-order chi connectivity index (χ1) is 5.81. The molecular formula is C11H15N. The van der Waals surface area contributed by atoms with E-state index in [0.29, 0.717) is 0 Å². The predicted molar refractivity (Wildman–Crippen MR) is 51.0 cm³/mol. The summed E-state index contributed by atoms with van der Waals surface area (Å²) in [6.07, 6.45) is 2.56. The van der Waals surface area contributed by atoms with E-state index < -0.39 is 0 Å². The molecule has 1 heterocycles. The molecule has 1 atom stereocenters. The second-order valence-corrected chi connectivity index (χ2v) is 3.73. The molecule has 12 heavy (non-hydrogen) atoms. The average molecular weight is 161 g/mol. The van der Waals surface area contributed by atoms with Crippen LogP contribution >= 0.6 is 0 Å². The highest BCUT2D eigenvalue weighted by molar-refractivity contribution is 5.24. The van der Waals surface area contributed by atoms with Crippen LogP contribution in [0.2, 0.25) is 0 Å². The summed E-state index contributed by atoms with van der Waals surface area (Å²) in [5.41, 5.74) is 1.66. The Bertz CT molecular complexity index is 247. The lowest BCUT2D eigenvalue weighted by molar-refractivity contribution is 0.435. The summed E-state index contributed by atoms with van der Waals surface area (Å²) in [4.78, 5) is 0. The van der Waals surface area contributed by atoms with Gasteiger partial charge in [0.05, 0.1) is 0 Å². The average Bonchev–Trinajstić information content (AvgIpc) is 2.55. The molecule has 1 aromatic carbocycles. The van der Waals surface area contributed by atoms with Crippen molar-refractivity contribution in [2.75, 3.05) is 6.54 Å². The van der Waals surface area contributed by atoms with E-state index in [0.717, 1.165) is 6.54 Å². The zero-order valence-electron chi connectivity index (χ0n) is 7.51. The number of hydrogen-bond donors (Lipinski definition) is 1. The van der Waals surface area contributed by atoms with Crippen LogP contribution in [0.4, 0.5) is 0 Å². The van der Waals surface area contributed by atoms with Crippen LogP contribution in [0.5, 0.6) is 0 Å². The quantitative estimate of drug-likeness (QED) is 0.666. The number of nitrogens with one attached hydrogen (secondary N) is 1. The van der Waals surface area contributed by atoms with Crippen LogP contribution in [-0.2, 0) is 5.54 Å². The molecule has 2 rings (SSSR count). The first-order valence-electron chi connectivity index (χ1n) is 4.62. The second-order valence-electron chi connectivity index (χ2n) is 3.73. The fourth-order valence-electron chi connectivity index (χ4n) is 1.95. The highest BCUT2D eigenvalue weighted by atomic mass is 15.0. The maximum atomic E-state index is 3.55. The minimum atomic E-state index is 0.237. The summed E-state index contributed by atoms with van der Waals surface area (Å²) in [6.45, 7) is 3.45. The fourth-order valence-corrected chi connectivity index (χ4v) is 1.95. The van der Waals surface area contributed by atoms with Crippen molar-refractivity contribution in [3.63, 3.8) is 0 Å². The molecule has 1 aliphatic heterocycles. The van der Waals surface area contributed by atoms with Crippen LogP contribution in [0.3, 0.4) is 0 Å². The van der Waals surface area contributed by atoms with Gasteiger partial charge in [0.25, 0.3) is 0 Å². The van der Waals surface area contributed by atoms with Gasteiger partial charge in [0.15, 0.2) is 0 Å². The molecule has 1 N–H and O–H groups in total. The Morgan fingerprint density at radius 2 is 2.00 bits per heavy atom. The Hall–Kier alpha value is -0.820. The van der Waals surface area contributed by atoms with Gasteiger partial charge in [0.2, 0.25) is 0 Å². The molecular weight excluding hydrogens is 146 g/mol. The van der Waals surface area contributed by atoms with E-state index in [1.165, 1.54) is 18.4 Å². The third-order valence-electron chi connectivity index (χ3n) is 2.78. The molecule has 0 unspecified atom stereocenters. The first kappa shape index (κ1) is 7.81. The second kappa shape index (κ2) is 2.91. The van der Waals surface area contributed by atoms with Crippen LogP contribution in [0.1, 0.15) is 25.3 Å². The molecule has 0 saturated carbocycles. The summed E-state index contributed by atoms with van der Waals surface area (Å²) in [5, 5.41) is 3.55. The lowest BCUT2D eigenvalue weighted by Crippen LogP contribution is -2.32. The summed E-state index contributed by atoms with van der Waals surface area (Å²) in [7, 11) is 0. The van der Waals surface area contributed by atoms with Gasteiger partial charge >= 0.3 is 0 Å². The smallest absolute Gasteiger partial charge is 0.0406 e. The lowest BCUT2D eigenvalue weighted by atomic mass is 9.91. The Kier molecular flexibility index (Phi) is 1.89. The molecule has 1 saturated heterocycles. The van der Waals surface area contributed by atoms with Crippen molar-refractivity contribution < 1.29 is 0 Å². The molecule has 1 heteroatoms. The molecule has 0 aliphatic carbocycles. The van der Waals surface area contributed by atoms with Gasteiger partial charge in [-0.3, -0.25) is 0 Å². The van der Waals surface area contributed by atoms with Crippen LogP contribution in [0.25, 0.3) is 0 Å². The van der Waals surface area contributed by atoms with Crippen molar-refractivity contribution in [3.8, 4) is 0 Å². The van der Waals surface area contributed by atoms with Gasteiger partial charge in [0, 0.05) is 5.54 Å². The van der Waals surface area contributed by atoms with Gasteiger partial charge in [0.1, 0.15) is 0 Å². The van der Waals surface area contributed by atoms with Crippen LogP contribution in [-0.4, -0.2) is 6.54 Å². The minimum Gasteiger partial charge on any atom is -0.308 e. The number of benzene rings is 1. The highest BCUT2D eigenvalue weighted by Gasteiger charge is 2.29. The molecule has 0 radical (unpaired) electrons. The summed E-state index contributed by atoms with van der Waals surface area (Å²) >= 11 is 0. The molecule has 0 spiro atoms. The third-order valence-corrected chi connectivity index (χ3v) is 2.78. The standard InChI is InChI=1S/C11H15N/c1-11(8-5-9-12-11)10-6-3-2-4-7-10/h2-4,6-7,12H,5,8-9H2,1H3/t11-/m1/s1. The number of rotatable bonds is 1. The molecule has 1 fully saturated rings. The van der Waals surface area contributed by atoms with Crippen molar-refractivity contribution in [3.05, 3.63) is 35.9 Å². The Morgan fingerprint density at radius 1 is 1.25 bits per heavy atom. The maximum absolute atomic E-state index is 3.55. The van der Waals surface area contributed by atoms with Gasteiger partial charge < -0.3 is 5.32 Å². The number of hydrogen-bond acceptors (Lipinski definition) is 1. The monoisotopic (exact) mass is 161 g/mol. The van der Waals surface area contributed by atoms with E-state index in [9.17, 15) is 0 Å². The largest absolute Gasteiger partial charge is 0.308 e. The van der Waals surface area contributed by atoms with Crippen molar-refractivity contribution in [2.45, 2.75) is 25.3 Å². The van der Waals surface area contributed by atoms with E-state index in [4.69, 9.17) is 0 Å². The van der Waals surface area contributed by atoms with E-state index in [1.807, 2.05) is 0 Å². The van der Waals surface area contributed by atoms with Crippen molar-refractivity contribution >= 4 is 0 Å². The van der Waals surface area contributed by atoms with E-state index in [2.05, 4.69) is 42.6 Å². The van der Waals surface area contributed by atoms with Crippen molar-refractivity contribution in [1.29, 1.82) is 0 Å². The third kappa shape index (κ3) is 1.25. The van der Waals surface area contributed by atoms with Gasteiger partial charge in [-0.25, -0.2) is 0 Å². The normalized spacial score (nSPS) is 29.1. The maximum Gasteiger partial charge on any atom is 0.0406 e. The lowest BCUT2D eigenvalue weighted by Gasteiger charge is -2.24. The zero-order chi connectivity index (χ0) is 8.44. The SMILES string of the molecule is C[C@]1(c2ccccc2)CCCN1. The Labute approximate surface area is 73.8 Å². The molecule has 64 valence electrons. The van der Waals surface area contributed by atoms with Crippen LogP contribution in [0.15, 0.2) is 30.3 Å². The fraction of sp³-hybridized carbons (Fsp3) is 0.455. The van der Waals surface area contributed by atoms with E-state index in [1.54, 1.807) is 0 Å². The van der Waals surface area contributed by atoms with Gasteiger partial charge in [-0.1, -0.05) is 30.3 Å².